The molecule has 4 atom stereocenters. The van der Waals surface area contributed by atoms with Crippen LogP contribution in [0, 0.1) is 17.8 Å². The molecular weight excluding hydrogens is 262 g/mol. The number of aromatic nitrogens is 2. The van der Waals surface area contributed by atoms with Gasteiger partial charge < -0.3 is 9.73 Å². The first kappa shape index (κ1) is 12.6. The summed E-state index contributed by atoms with van der Waals surface area (Å²) in [7, 11) is 0. The summed E-state index contributed by atoms with van der Waals surface area (Å²) in [6.45, 7) is 2.29. The largest absolute Gasteiger partial charge is 0.423 e. The van der Waals surface area contributed by atoms with Crippen LogP contribution in [0.15, 0.2) is 47.2 Å². The Morgan fingerprint density at radius 3 is 2.95 bits per heavy atom. The molecule has 2 bridgehead atoms. The molecule has 4 nitrogen and oxygen atoms in total. The molecule has 1 aromatic heterocycles. The smallest absolute Gasteiger partial charge is 0.247 e. The number of allylic oxidation sites excluding steroid dienone is 2. The normalized spacial score (nSPS) is 28.0. The Labute approximate surface area is 124 Å². The molecule has 2 aliphatic rings. The third-order valence-corrected chi connectivity index (χ3v) is 4.84. The average molecular weight is 281 g/mol. The van der Waals surface area contributed by atoms with Gasteiger partial charge in [-0.25, -0.2) is 0 Å². The molecule has 1 fully saturated rings. The van der Waals surface area contributed by atoms with E-state index in [2.05, 4.69) is 46.7 Å². The van der Waals surface area contributed by atoms with E-state index in [1.807, 2.05) is 12.1 Å². The molecule has 1 N–H and O–H groups in total. The standard InChI is InChI=1S/C17H19N3O/c1-11(16-8-12-5-6-13(16)7-12)19-15-4-2-3-14(9-15)17-20-18-10-21-17/h2-6,9-13,16,19H,7-8H2,1H3. The topological polar surface area (TPSA) is 51.0 Å². The van der Waals surface area contributed by atoms with Gasteiger partial charge in [-0.1, -0.05) is 18.2 Å². The summed E-state index contributed by atoms with van der Waals surface area (Å²) in [6.07, 6.45) is 8.83. The number of rotatable bonds is 4. The van der Waals surface area contributed by atoms with Crippen LogP contribution in [0.4, 0.5) is 5.69 Å². The highest BCUT2D eigenvalue weighted by Crippen LogP contribution is 2.45. The van der Waals surface area contributed by atoms with Crippen molar-refractivity contribution in [3.63, 3.8) is 0 Å². The van der Waals surface area contributed by atoms with E-state index >= 15 is 0 Å². The number of anilines is 1. The van der Waals surface area contributed by atoms with Gasteiger partial charge in [0.05, 0.1) is 0 Å². The Morgan fingerprint density at radius 1 is 1.29 bits per heavy atom. The Kier molecular flexibility index (Phi) is 3.02. The number of hydrogen-bond acceptors (Lipinski definition) is 4. The maximum absolute atomic E-state index is 5.26. The predicted molar refractivity (Wildman–Crippen MR) is 81.7 cm³/mol. The lowest BCUT2D eigenvalue weighted by Crippen LogP contribution is -2.28. The second kappa shape index (κ2) is 5.02. The summed E-state index contributed by atoms with van der Waals surface area (Å²) in [5.74, 6) is 2.88. The van der Waals surface area contributed by atoms with E-state index in [9.17, 15) is 0 Å². The van der Waals surface area contributed by atoms with Gasteiger partial charge in [-0.3, -0.25) is 0 Å². The zero-order valence-electron chi connectivity index (χ0n) is 12.1. The monoisotopic (exact) mass is 281 g/mol. The van der Waals surface area contributed by atoms with Crippen molar-refractivity contribution in [1.82, 2.24) is 10.2 Å². The molecule has 2 aromatic rings. The fourth-order valence-corrected chi connectivity index (χ4v) is 3.81. The van der Waals surface area contributed by atoms with Crippen LogP contribution in [0.2, 0.25) is 0 Å². The van der Waals surface area contributed by atoms with Gasteiger partial charge in [0.2, 0.25) is 12.3 Å². The van der Waals surface area contributed by atoms with Gasteiger partial charge in [-0.2, -0.15) is 0 Å². The zero-order valence-corrected chi connectivity index (χ0v) is 12.1. The van der Waals surface area contributed by atoms with E-state index in [0.29, 0.717) is 11.9 Å². The highest BCUT2D eigenvalue weighted by Gasteiger charge is 2.38. The quantitative estimate of drug-likeness (QED) is 0.867. The van der Waals surface area contributed by atoms with Gasteiger partial charge in [0.15, 0.2) is 0 Å². The van der Waals surface area contributed by atoms with Crippen molar-refractivity contribution in [1.29, 1.82) is 0 Å². The Balaban J connectivity index is 1.49. The Bertz CT molecular complexity index is 650. The van der Waals surface area contributed by atoms with E-state index in [0.717, 1.165) is 29.0 Å². The van der Waals surface area contributed by atoms with Gasteiger partial charge in [0.25, 0.3) is 0 Å². The molecule has 108 valence electrons. The van der Waals surface area contributed by atoms with Gasteiger partial charge >= 0.3 is 0 Å². The van der Waals surface area contributed by atoms with Crippen molar-refractivity contribution in [3.8, 4) is 11.5 Å². The SMILES string of the molecule is CC(Nc1cccc(-c2nnco2)c1)C1CC2C=CC1C2. The van der Waals surface area contributed by atoms with Crippen LogP contribution in [-0.4, -0.2) is 16.2 Å². The molecule has 1 heterocycles. The van der Waals surface area contributed by atoms with Crippen LogP contribution in [0.5, 0.6) is 0 Å². The molecule has 0 radical (unpaired) electrons. The summed E-state index contributed by atoms with van der Waals surface area (Å²) in [5.41, 5.74) is 2.07. The molecule has 0 aliphatic heterocycles. The van der Waals surface area contributed by atoms with Crippen molar-refractivity contribution in [3.05, 3.63) is 42.8 Å². The second-order valence-electron chi connectivity index (χ2n) is 6.20. The molecule has 1 aromatic carbocycles. The Morgan fingerprint density at radius 2 is 2.24 bits per heavy atom. The second-order valence-corrected chi connectivity index (χ2v) is 6.20. The summed E-state index contributed by atoms with van der Waals surface area (Å²) in [4.78, 5) is 0. The molecule has 4 rings (SSSR count). The maximum Gasteiger partial charge on any atom is 0.247 e. The lowest BCUT2D eigenvalue weighted by molar-refractivity contribution is 0.400. The minimum atomic E-state index is 0.475. The van der Waals surface area contributed by atoms with Crippen molar-refractivity contribution >= 4 is 5.69 Å². The number of nitrogens with one attached hydrogen (secondary N) is 1. The lowest BCUT2D eigenvalue weighted by Gasteiger charge is -2.27. The molecule has 2 aliphatic carbocycles. The number of hydrogen-bond donors (Lipinski definition) is 1. The number of benzene rings is 1. The van der Waals surface area contributed by atoms with Gasteiger partial charge in [-0.05, 0) is 55.7 Å². The molecule has 1 saturated carbocycles. The summed E-state index contributed by atoms with van der Waals surface area (Å²) in [5, 5.41) is 11.3. The number of nitrogens with zero attached hydrogens (tertiary/aromatic N) is 2. The molecule has 4 heteroatoms. The van der Waals surface area contributed by atoms with Crippen molar-refractivity contribution in [2.75, 3.05) is 5.32 Å². The molecular formula is C17H19N3O. The minimum Gasteiger partial charge on any atom is -0.423 e. The third-order valence-electron chi connectivity index (χ3n) is 4.84. The van der Waals surface area contributed by atoms with E-state index in [4.69, 9.17) is 4.42 Å². The average Bonchev–Trinajstić information content (AvgIpc) is 3.24. The van der Waals surface area contributed by atoms with Gasteiger partial charge in [-0.15, -0.1) is 10.2 Å². The fourth-order valence-electron chi connectivity index (χ4n) is 3.81. The summed E-state index contributed by atoms with van der Waals surface area (Å²) < 4.78 is 5.26. The van der Waals surface area contributed by atoms with Crippen LogP contribution in [0.25, 0.3) is 11.5 Å². The highest BCUT2D eigenvalue weighted by molar-refractivity contribution is 5.61. The van der Waals surface area contributed by atoms with Crippen molar-refractivity contribution in [2.24, 2.45) is 17.8 Å². The maximum atomic E-state index is 5.26. The van der Waals surface area contributed by atoms with Crippen LogP contribution in [-0.2, 0) is 0 Å². The first-order chi connectivity index (χ1) is 10.3. The molecule has 0 spiro atoms. The molecule has 0 amide bonds. The summed E-state index contributed by atoms with van der Waals surface area (Å²) in [6, 6.07) is 8.66. The van der Waals surface area contributed by atoms with Crippen LogP contribution in [0.3, 0.4) is 0 Å². The molecule has 4 unspecified atom stereocenters. The minimum absolute atomic E-state index is 0.475. The fraction of sp³-hybridized carbons (Fsp3) is 0.412. The van der Waals surface area contributed by atoms with E-state index in [-0.39, 0.29) is 0 Å². The van der Waals surface area contributed by atoms with E-state index in [1.165, 1.54) is 19.2 Å². The number of fused-ring (bicyclic) bond motifs is 2. The predicted octanol–water partition coefficient (Wildman–Crippen LogP) is 3.75. The van der Waals surface area contributed by atoms with Gasteiger partial charge in [0, 0.05) is 17.3 Å². The first-order valence-corrected chi connectivity index (χ1v) is 7.61. The third kappa shape index (κ3) is 2.35. The zero-order chi connectivity index (χ0) is 14.2. The Hall–Kier alpha value is -2.10. The molecule has 0 saturated heterocycles. The van der Waals surface area contributed by atoms with Crippen molar-refractivity contribution < 1.29 is 4.42 Å². The van der Waals surface area contributed by atoms with Crippen LogP contribution in [0.1, 0.15) is 19.8 Å². The van der Waals surface area contributed by atoms with Gasteiger partial charge in [0.1, 0.15) is 0 Å². The van der Waals surface area contributed by atoms with Crippen LogP contribution < -0.4 is 5.32 Å². The first-order valence-electron chi connectivity index (χ1n) is 7.61. The highest BCUT2D eigenvalue weighted by atomic mass is 16.4. The van der Waals surface area contributed by atoms with Crippen LogP contribution >= 0.6 is 0 Å². The lowest BCUT2D eigenvalue weighted by atomic mass is 9.87. The van der Waals surface area contributed by atoms with E-state index < -0.39 is 0 Å². The van der Waals surface area contributed by atoms with E-state index in [1.54, 1.807) is 0 Å². The molecule has 21 heavy (non-hydrogen) atoms. The summed E-state index contributed by atoms with van der Waals surface area (Å²) >= 11 is 0. The van der Waals surface area contributed by atoms with Crippen molar-refractivity contribution in [2.45, 2.75) is 25.8 Å².